The third-order valence-electron chi connectivity index (χ3n) is 3.71. The van der Waals surface area contributed by atoms with Gasteiger partial charge in [0.25, 0.3) is 0 Å². The largest absolute Gasteiger partial charge is 0.346 e. The van der Waals surface area contributed by atoms with Crippen LogP contribution in [-0.2, 0) is 6.42 Å². The lowest BCUT2D eigenvalue weighted by atomic mass is 9.87. The van der Waals surface area contributed by atoms with Crippen LogP contribution in [0.3, 0.4) is 0 Å². The van der Waals surface area contributed by atoms with Crippen LogP contribution in [0.1, 0.15) is 70.3 Å². The number of hydrogen-bond acceptors (Lipinski definition) is 2. The van der Waals surface area contributed by atoms with Crippen molar-refractivity contribution in [3.63, 3.8) is 0 Å². The number of rotatable bonds is 4. The summed E-state index contributed by atoms with van der Waals surface area (Å²) in [5.41, 5.74) is 1.55. The van der Waals surface area contributed by atoms with E-state index in [-0.39, 0.29) is 5.54 Å². The molecule has 1 fully saturated rings. The first-order valence-electron chi connectivity index (χ1n) is 7.33. The Hall–Kier alpha value is -0.830. The molecule has 0 aliphatic heterocycles. The van der Waals surface area contributed by atoms with E-state index in [0.717, 1.165) is 24.7 Å². The van der Waals surface area contributed by atoms with E-state index in [1.54, 1.807) is 0 Å². The molecule has 1 aromatic rings. The van der Waals surface area contributed by atoms with Crippen molar-refractivity contribution in [1.82, 2.24) is 15.3 Å². The smallest absolute Gasteiger partial charge is 0.107 e. The second-order valence-electron chi connectivity index (χ2n) is 6.55. The van der Waals surface area contributed by atoms with Crippen molar-refractivity contribution in [2.75, 3.05) is 6.54 Å². The molecule has 102 valence electrons. The summed E-state index contributed by atoms with van der Waals surface area (Å²) in [5, 5.41) is 3.50. The highest BCUT2D eigenvalue weighted by Crippen LogP contribution is 2.31. The summed E-state index contributed by atoms with van der Waals surface area (Å²) in [4.78, 5) is 8.03. The Bertz CT molecular complexity index is 356. The summed E-state index contributed by atoms with van der Waals surface area (Å²) < 4.78 is 0. The van der Waals surface area contributed by atoms with Gasteiger partial charge in [0.1, 0.15) is 5.82 Å². The van der Waals surface area contributed by atoms with E-state index in [1.165, 1.54) is 37.8 Å². The van der Waals surface area contributed by atoms with E-state index < -0.39 is 0 Å². The lowest BCUT2D eigenvalue weighted by Gasteiger charge is -2.20. The van der Waals surface area contributed by atoms with Gasteiger partial charge in [-0.25, -0.2) is 4.98 Å². The molecule has 0 spiro atoms. The summed E-state index contributed by atoms with van der Waals surface area (Å²) in [7, 11) is 0. The summed E-state index contributed by atoms with van der Waals surface area (Å²) in [5.74, 6) is 1.86. The van der Waals surface area contributed by atoms with Gasteiger partial charge < -0.3 is 10.3 Å². The fourth-order valence-corrected chi connectivity index (χ4v) is 2.68. The highest BCUT2D eigenvalue weighted by molar-refractivity contribution is 5.08. The Morgan fingerprint density at radius 1 is 1.28 bits per heavy atom. The quantitative estimate of drug-likeness (QED) is 0.858. The zero-order chi connectivity index (χ0) is 13.0. The average Bonchev–Trinajstić information content (AvgIpc) is 2.77. The summed E-state index contributed by atoms with van der Waals surface area (Å²) in [6, 6.07) is 0. The fourth-order valence-electron chi connectivity index (χ4n) is 2.68. The van der Waals surface area contributed by atoms with Gasteiger partial charge in [0.15, 0.2) is 0 Å². The molecule has 1 aliphatic rings. The Balaban J connectivity index is 1.82. The molecule has 0 amide bonds. The topological polar surface area (TPSA) is 40.7 Å². The first kappa shape index (κ1) is 13.6. The van der Waals surface area contributed by atoms with Crippen LogP contribution in [0.2, 0.25) is 0 Å². The molecule has 1 aliphatic carbocycles. The van der Waals surface area contributed by atoms with Crippen LogP contribution in [0.4, 0.5) is 0 Å². The molecule has 0 saturated heterocycles. The lowest BCUT2D eigenvalue weighted by Crippen LogP contribution is -2.37. The van der Waals surface area contributed by atoms with Gasteiger partial charge in [-0.15, -0.1) is 0 Å². The van der Waals surface area contributed by atoms with Gasteiger partial charge >= 0.3 is 0 Å². The molecule has 2 rings (SSSR count). The lowest BCUT2D eigenvalue weighted by molar-refractivity contribution is 0.426. The highest BCUT2D eigenvalue weighted by atomic mass is 15.0. The molecule has 18 heavy (non-hydrogen) atoms. The predicted octanol–water partition coefficient (Wildman–Crippen LogP) is 3.39. The van der Waals surface area contributed by atoms with Crippen LogP contribution in [0.5, 0.6) is 0 Å². The summed E-state index contributed by atoms with van der Waals surface area (Å²) in [6.45, 7) is 7.58. The van der Waals surface area contributed by atoms with Crippen molar-refractivity contribution in [3.8, 4) is 0 Å². The maximum absolute atomic E-state index is 4.52. The number of nitrogens with one attached hydrogen (secondary N) is 2. The van der Waals surface area contributed by atoms with Gasteiger partial charge in [0.2, 0.25) is 0 Å². The second-order valence-corrected chi connectivity index (χ2v) is 6.55. The number of aromatic nitrogens is 2. The molecule has 0 radical (unpaired) electrons. The monoisotopic (exact) mass is 249 g/mol. The van der Waals surface area contributed by atoms with E-state index in [1.807, 2.05) is 0 Å². The summed E-state index contributed by atoms with van der Waals surface area (Å²) in [6.07, 6.45) is 9.89. The summed E-state index contributed by atoms with van der Waals surface area (Å²) >= 11 is 0. The molecule has 1 aromatic heterocycles. The minimum Gasteiger partial charge on any atom is -0.346 e. The van der Waals surface area contributed by atoms with Crippen molar-refractivity contribution < 1.29 is 0 Å². The third-order valence-corrected chi connectivity index (χ3v) is 3.71. The molecule has 1 saturated carbocycles. The maximum atomic E-state index is 4.52. The number of imidazole rings is 1. The van der Waals surface area contributed by atoms with E-state index in [9.17, 15) is 0 Å². The SMILES string of the molecule is CC(C)(C)NCCc1ncc(C2CCCCC2)[nH]1. The second kappa shape index (κ2) is 5.87. The van der Waals surface area contributed by atoms with Crippen molar-refractivity contribution in [2.45, 2.75) is 70.8 Å². The standard InChI is InChI=1S/C15H27N3/c1-15(2,3)17-10-9-14-16-11-13(18-14)12-7-5-4-6-8-12/h11-12,17H,4-10H2,1-3H3,(H,16,18). The number of nitrogens with zero attached hydrogens (tertiary/aromatic N) is 1. The minimum atomic E-state index is 0.193. The van der Waals surface area contributed by atoms with Gasteiger partial charge in [0, 0.05) is 36.3 Å². The third kappa shape index (κ3) is 4.13. The Morgan fingerprint density at radius 2 is 2.00 bits per heavy atom. The fraction of sp³-hybridized carbons (Fsp3) is 0.800. The number of H-pyrrole nitrogens is 1. The van der Waals surface area contributed by atoms with Gasteiger partial charge in [-0.3, -0.25) is 0 Å². The zero-order valence-electron chi connectivity index (χ0n) is 12.1. The van der Waals surface area contributed by atoms with E-state index in [2.05, 4.69) is 42.3 Å². The van der Waals surface area contributed by atoms with Crippen molar-refractivity contribution >= 4 is 0 Å². The number of aromatic amines is 1. The first-order chi connectivity index (χ1) is 8.54. The Labute approximate surface area is 111 Å². The minimum absolute atomic E-state index is 0.193. The van der Waals surface area contributed by atoms with Crippen LogP contribution in [0.15, 0.2) is 6.20 Å². The highest BCUT2D eigenvalue weighted by Gasteiger charge is 2.17. The molecule has 2 N–H and O–H groups in total. The Morgan fingerprint density at radius 3 is 2.67 bits per heavy atom. The molecule has 3 nitrogen and oxygen atoms in total. The van der Waals surface area contributed by atoms with Gasteiger partial charge in [0.05, 0.1) is 0 Å². The van der Waals surface area contributed by atoms with Crippen LogP contribution in [0, 0.1) is 0 Å². The molecule has 1 heterocycles. The molecule has 0 atom stereocenters. The van der Waals surface area contributed by atoms with Crippen LogP contribution >= 0.6 is 0 Å². The maximum Gasteiger partial charge on any atom is 0.107 e. The van der Waals surface area contributed by atoms with Crippen LogP contribution in [0.25, 0.3) is 0 Å². The molecular weight excluding hydrogens is 222 g/mol. The molecule has 0 unspecified atom stereocenters. The van der Waals surface area contributed by atoms with E-state index >= 15 is 0 Å². The average molecular weight is 249 g/mol. The Kier molecular flexibility index (Phi) is 4.44. The van der Waals surface area contributed by atoms with Gasteiger partial charge in [-0.1, -0.05) is 19.3 Å². The molecule has 0 bridgehead atoms. The molecule has 0 aromatic carbocycles. The van der Waals surface area contributed by atoms with Gasteiger partial charge in [-0.05, 0) is 33.6 Å². The van der Waals surface area contributed by atoms with Crippen molar-refractivity contribution in [3.05, 3.63) is 17.7 Å². The molecular formula is C15H27N3. The van der Waals surface area contributed by atoms with Gasteiger partial charge in [-0.2, -0.15) is 0 Å². The van der Waals surface area contributed by atoms with Crippen molar-refractivity contribution in [1.29, 1.82) is 0 Å². The van der Waals surface area contributed by atoms with Crippen molar-refractivity contribution in [2.24, 2.45) is 0 Å². The van der Waals surface area contributed by atoms with E-state index in [0.29, 0.717) is 0 Å². The number of hydrogen-bond donors (Lipinski definition) is 2. The van der Waals surface area contributed by atoms with Crippen LogP contribution in [-0.4, -0.2) is 22.1 Å². The van der Waals surface area contributed by atoms with Crippen LogP contribution < -0.4 is 5.32 Å². The molecule has 3 heteroatoms. The zero-order valence-corrected chi connectivity index (χ0v) is 12.1. The predicted molar refractivity (Wildman–Crippen MR) is 75.9 cm³/mol. The normalized spacial score (nSPS) is 18.2. The first-order valence-corrected chi connectivity index (χ1v) is 7.33. The van der Waals surface area contributed by atoms with E-state index in [4.69, 9.17) is 0 Å².